The molecular weight excluding hydrogens is 410 g/mol. The highest BCUT2D eigenvalue weighted by atomic mass is 16.5. The Kier molecular flexibility index (Phi) is 9.68. The van der Waals surface area contributed by atoms with E-state index in [1.165, 1.54) is 6.92 Å². The molecule has 0 heterocycles. The maximum absolute atomic E-state index is 11.8. The number of carbonyl (C=O) groups excluding carboxylic acids is 2. The van der Waals surface area contributed by atoms with E-state index in [9.17, 15) is 14.7 Å². The zero-order valence-corrected chi connectivity index (χ0v) is 19.0. The number of anilines is 1. The van der Waals surface area contributed by atoms with Gasteiger partial charge in [0.15, 0.2) is 11.6 Å². The van der Waals surface area contributed by atoms with E-state index >= 15 is 0 Å². The number of nitrogen functional groups attached to an aromatic ring is 1. The third-order valence-electron chi connectivity index (χ3n) is 5.10. The zero-order chi connectivity index (χ0) is 23.7. The largest absolute Gasteiger partial charge is 0.490 e. The summed E-state index contributed by atoms with van der Waals surface area (Å²) in [5.74, 6) is 0.684. The van der Waals surface area contributed by atoms with Gasteiger partial charge in [0.05, 0.1) is 0 Å². The fourth-order valence-electron chi connectivity index (χ4n) is 3.46. The molecule has 0 radical (unpaired) electrons. The predicted molar refractivity (Wildman–Crippen MR) is 124 cm³/mol. The number of aliphatic hydroxyl groups is 2. The van der Waals surface area contributed by atoms with Gasteiger partial charge in [-0.15, -0.1) is 0 Å². The van der Waals surface area contributed by atoms with Crippen molar-refractivity contribution < 1.29 is 29.3 Å². The van der Waals surface area contributed by atoms with Crippen molar-refractivity contribution in [2.24, 2.45) is 0 Å². The molecule has 1 atom stereocenters. The van der Waals surface area contributed by atoms with E-state index in [0.717, 1.165) is 24.0 Å². The van der Waals surface area contributed by atoms with Gasteiger partial charge >= 0.3 is 0 Å². The molecule has 174 valence electrons. The van der Waals surface area contributed by atoms with Crippen LogP contribution in [0.25, 0.3) is 0 Å². The first-order chi connectivity index (χ1) is 15.3. The van der Waals surface area contributed by atoms with Gasteiger partial charge in [0, 0.05) is 22.4 Å². The first-order valence-corrected chi connectivity index (χ1v) is 10.9. The molecule has 7 nitrogen and oxygen atoms in total. The van der Waals surface area contributed by atoms with E-state index in [-0.39, 0.29) is 24.8 Å². The van der Waals surface area contributed by atoms with Crippen LogP contribution < -0.4 is 15.2 Å². The Hall–Kier alpha value is -2.90. The van der Waals surface area contributed by atoms with Crippen molar-refractivity contribution in [3.63, 3.8) is 0 Å². The minimum Gasteiger partial charge on any atom is -0.490 e. The minimum absolute atomic E-state index is 0.000233. The molecule has 7 heteroatoms. The molecule has 2 aromatic carbocycles. The smallest absolute Gasteiger partial charge is 0.188 e. The minimum atomic E-state index is -0.897. The van der Waals surface area contributed by atoms with Gasteiger partial charge in [0.1, 0.15) is 37.4 Å². The molecule has 0 aliphatic carbocycles. The van der Waals surface area contributed by atoms with E-state index in [1.54, 1.807) is 30.3 Å². The topological polar surface area (TPSA) is 119 Å². The lowest BCUT2D eigenvalue weighted by molar-refractivity contribution is 0.0619. The highest BCUT2D eigenvalue weighted by Crippen LogP contribution is 2.30. The zero-order valence-electron chi connectivity index (χ0n) is 19.0. The molecule has 0 amide bonds. The Balaban J connectivity index is 2.05. The van der Waals surface area contributed by atoms with Crippen LogP contribution in [0.2, 0.25) is 0 Å². The summed E-state index contributed by atoms with van der Waals surface area (Å²) in [5, 5.41) is 19.5. The van der Waals surface area contributed by atoms with Gasteiger partial charge in [-0.2, -0.15) is 0 Å². The molecule has 1 unspecified atom stereocenters. The predicted octanol–water partition coefficient (Wildman–Crippen LogP) is 3.37. The van der Waals surface area contributed by atoms with Crippen LogP contribution in [0, 0.1) is 0 Å². The van der Waals surface area contributed by atoms with Gasteiger partial charge in [-0.1, -0.05) is 26.7 Å². The molecule has 0 aliphatic rings. The van der Waals surface area contributed by atoms with Crippen LogP contribution in [0.1, 0.15) is 65.5 Å². The highest BCUT2D eigenvalue weighted by Gasteiger charge is 2.16. The second-order valence-electron chi connectivity index (χ2n) is 7.74. The van der Waals surface area contributed by atoms with Gasteiger partial charge in [0.2, 0.25) is 0 Å². The number of Topliss-reactive ketones (excluding diaryl/α,β-unsaturated/α-hetero) is 2. The maximum Gasteiger partial charge on any atom is 0.188 e. The molecule has 0 aromatic heterocycles. The molecule has 0 spiro atoms. The molecule has 0 fully saturated rings. The van der Waals surface area contributed by atoms with Crippen molar-refractivity contribution in [1.29, 1.82) is 0 Å². The summed E-state index contributed by atoms with van der Waals surface area (Å²) in [6, 6.07) is 8.36. The molecule has 0 aliphatic heterocycles. The van der Waals surface area contributed by atoms with Gasteiger partial charge in [-0.25, -0.2) is 0 Å². The standard InChI is InChI=1S/C25H33NO6/c1-4-6-18-12-17(22(30)13-27)8-10-23(18)31-14-19(29)15-32-24-11-9-20(16(3)28)25(26)21(24)7-5-2/h8-12,19,27,29H,4-7,13-15,26H2,1-3H3. The Labute approximate surface area is 189 Å². The lowest BCUT2D eigenvalue weighted by Crippen LogP contribution is -2.25. The number of hydrogen-bond acceptors (Lipinski definition) is 7. The van der Waals surface area contributed by atoms with Crippen molar-refractivity contribution in [2.45, 2.75) is 52.6 Å². The molecular formula is C25H33NO6. The summed E-state index contributed by atoms with van der Waals surface area (Å²) in [5.41, 5.74) is 9.11. The van der Waals surface area contributed by atoms with Gasteiger partial charge in [-0.3, -0.25) is 9.59 Å². The first kappa shape index (κ1) is 25.4. The Morgan fingerprint density at radius 3 is 2.22 bits per heavy atom. The van der Waals surface area contributed by atoms with Gasteiger partial charge in [0.25, 0.3) is 0 Å². The summed E-state index contributed by atoms with van der Waals surface area (Å²) in [6.45, 7) is 4.97. The molecule has 4 N–H and O–H groups in total. The second kappa shape index (κ2) is 12.2. The summed E-state index contributed by atoms with van der Waals surface area (Å²) >= 11 is 0. The maximum atomic E-state index is 11.8. The Bertz CT molecular complexity index is 940. The number of carbonyl (C=O) groups is 2. The molecule has 0 saturated heterocycles. The fraction of sp³-hybridized carbons (Fsp3) is 0.440. The van der Waals surface area contributed by atoms with Crippen LogP contribution in [-0.4, -0.2) is 47.7 Å². The number of nitrogens with two attached hydrogens (primary N) is 1. The number of ether oxygens (including phenoxy) is 2. The van der Waals surface area contributed by atoms with Crippen LogP contribution in [0.3, 0.4) is 0 Å². The van der Waals surface area contributed by atoms with E-state index in [1.807, 2.05) is 13.8 Å². The number of rotatable bonds is 13. The average molecular weight is 444 g/mol. The van der Waals surface area contributed by atoms with Gasteiger partial charge in [-0.05, 0) is 55.7 Å². The molecule has 2 rings (SSSR count). The van der Waals surface area contributed by atoms with Crippen LogP contribution in [0.5, 0.6) is 11.5 Å². The van der Waals surface area contributed by atoms with Crippen molar-refractivity contribution in [3.05, 3.63) is 52.6 Å². The van der Waals surface area contributed by atoms with Crippen LogP contribution in [-0.2, 0) is 12.8 Å². The van der Waals surface area contributed by atoms with E-state index in [0.29, 0.717) is 41.2 Å². The number of aliphatic hydroxyl groups excluding tert-OH is 2. The lowest BCUT2D eigenvalue weighted by atomic mass is 10.0. The van der Waals surface area contributed by atoms with Crippen molar-refractivity contribution in [2.75, 3.05) is 25.6 Å². The highest BCUT2D eigenvalue weighted by molar-refractivity contribution is 6.00. The third-order valence-corrected chi connectivity index (χ3v) is 5.10. The van der Waals surface area contributed by atoms with E-state index in [4.69, 9.17) is 20.3 Å². The SMILES string of the molecule is CCCc1cc(C(=O)CO)ccc1OCC(O)COc1ccc(C(C)=O)c(N)c1CCC. The number of ketones is 2. The molecule has 32 heavy (non-hydrogen) atoms. The van der Waals surface area contributed by atoms with Crippen molar-refractivity contribution in [1.82, 2.24) is 0 Å². The summed E-state index contributed by atoms with van der Waals surface area (Å²) in [7, 11) is 0. The molecule has 0 bridgehead atoms. The molecule has 2 aromatic rings. The quantitative estimate of drug-likeness (QED) is 0.321. The van der Waals surface area contributed by atoms with Gasteiger partial charge < -0.3 is 25.4 Å². The van der Waals surface area contributed by atoms with Crippen LogP contribution in [0.4, 0.5) is 5.69 Å². The number of aryl methyl sites for hydroxylation is 1. The van der Waals surface area contributed by atoms with E-state index < -0.39 is 12.7 Å². The molecule has 0 saturated carbocycles. The van der Waals surface area contributed by atoms with E-state index in [2.05, 4.69) is 0 Å². The summed E-state index contributed by atoms with van der Waals surface area (Å²) < 4.78 is 11.6. The summed E-state index contributed by atoms with van der Waals surface area (Å²) in [6.07, 6.45) is 2.16. The van der Waals surface area contributed by atoms with Crippen LogP contribution >= 0.6 is 0 Å². The third kappa shape index (κ3) is 6.55. The monoisotopic (exact) mass is 443 g/mol. The summed E-state index contributed by atoms with van der Waals surface area (Å²) in [4.78, 5) is 23.5. The van der Waals surface area contributed by atoms with Crippen molar-refractivity contribution >= 4 is 17.3 Å². The Morgan fingerprint density at radius 1 is 1.00 bits per heavy atom. The second-order valence-corrected chi connectivity index (χ2v) is 7.74. The lowest BCUT2D eigenvalue weighted by Gasteiger charge is -2.19. The van der Waals surface area contributed by atoms with Crippen molar-refractivity contribution in [3.8, 4) is 11.5 Å². The number of benzene rings is 2. The number of hydrogen-bond donors (Lipinski definition) is 3. The first-order valence-electron chi connectivity index (χ1n) is 10.9. The fourth-order valence-corrected chi connectivity index (χ4v) is 3.46. The average Bonchev–Trinajstić information content (AvgIpc) is 2.78. The normalized spacial score (nSPS) is 11.8. The van der Waals surface area contributed by atoms with Crippen LogP contribution in [0.15, 0.2) is 30.3 Å². The Morgan fingerprint density at radius 2 is 1.62 bits per heavy atom.